The molecule has 2 heterocycles. The van der Waals surface area contributed by atoms with E-state index >= 15 is 4.39 Å². The number of rotatable bonds is 22. The molecule has 18 heteroatoms. The van der Waals surface area contributed by atoms with Crippen LogP contribution < -0.4 is 9.44 Å². The van der Waals surface area contributed by atoms with Gasteiger partial charge in [-0.2, -0.15) is 5.10 Å². The summed E-state index contributed by atoms with van der Waals surface area (Å²) in [5.41, 5.74) is 2.66. The second-order valence-corrected chi connectivity index (χ2v) is 18.4. The molecule has 14 nitrogen and oxygen atoms in total. The van der Waals surface area contributed by atoms with E-state index in [4.69, 9.17) is 21.4 Å². The fourth-order valence-corrected chi connectivity index (χ4v) is 8.33. The summed E-state index contributed by atoms with van der Waals surface area (Å²) in [6.45, 7) is 6.16. The van der Waals surface area contributed by atoms with Crippen molar-refractivity contribution in [2.75, 3.05) is 24.6 Å². The fraction of sp³-hybridized carbons (Fsp3) is 0.439. The number of sulfonamides is 2. The topological polar surface area (TPSA) is 178 Å². The number of unbranched alkanes of at least 4 members (excludes halogenated alkanes) is 9. The highest BCUT2D eigenvalue weighted by atomic mass is 35.5. The van der Waals surface area contributed by atoms with E-state index in [1.54, 1.807) is 49.4 Å². The van der Waals surface area contributed by atoms with Crippen LogP contribution in [-0.4, -0.2) is 62.1 Å². The van der Waals surface area contributed by atoms with Gasteiger partial charge < -0.3 is 4.74 Å². The third-order valence-corrected chi connectivity index (χ3v) is 12.2. The van der Waals surface area contributed by atoms with Crippen molar-refractivity contribution in [2.24, 2.45) is 10.2 Å². The van der Waals surface area contributed by atoms with Crippen LogP contribution in [0.2, 0.25) is 5.02 Å². The maximum absolute atomic E-state index is 15.2. The highest BCUT2D eigenvalue weighted by Gasteiger charge is 2.28. The van der Waals surface area contributed by atoms with Crippen LogP contribution in [-0.2, 0) is 24.8 Å². The van der Waals surface area contributed by atoms with E-state index in [-0.39, 0.29) is 16.3 Å². The number of ether oxygens (including phenoxy) is 1. The Bertz CT molecular complexity index is 2490. The minimum absolute atomic E-state index is 0.210. The number of aromatic nitrogens is 4. The Balaban J connectivity index is 1.48. The molecule has 0 aliphatic heterocycles. The molecular weight excluding hydrogens is 819 g/mol. The molecule has 0 bridgehead atoms. The maximum atomic E-state index is 15.2. The van der Waals surface area contributed by atoms with E-state index in [0.29, 0.717) is 57.6 Å². The summed E-state index contributed by atoms with van der Waals surface area (Å²) in [7, 11) is -6.20. The number of carbonyl (C=O) groups is 1. The van der Waals surface area contributed by atoms with E-state index in [1.165, 1.54) is 68.8 Å². The highest BCUT2D eigenvalue weighted by Crippen LogP contribution is 2.39. The second kappa shape index (κ2) is 20.5. The first-order valence-corrected chi connectivity index (χ1v) is 23.6. The molecule has 0 saturated heterocycles. The highest BCUT2D eigenvalue weighted by molar-refractivity contribution is 7.92. The standard InChI is InChI=1S/C41H52ClFN8O6S2/c1-6-8-9-10-11-12-13-14-15-16-25-57-41(52)30-19-23-34(42)33(26-30)37(7-2)50-39(29-17-20-31(21-18-29)49-58(5,53)54)48-51-40(50)38(28(3)47-51)46-45-36-24-22-32(27-35(36)43)59(55,56)44-4/h17-24,26-27,37,44,49H,6-16,25H2,1-5H3. The number of anilines is 1. The Morgan fingerprint density at radius 2 is 1.54 bits per heavy atom. The lowest BCUT2D eigenvalue weighted by molar-refractivity contribution is 0.0497. The van der Waals surface area contributed by atoms with E-state index in [1.807, 2.05) is 11.5 Å². The summed E-state index contributed by atoms with van der Waals surface area (Å²) in [6, 6.07) is 14.3. The maximum Gasteiger partial charge on any atom is 0.338 e. The molecule has 0 fully saturated rings. The van der Waals surface area contributed by atoms with Gasteiger partial charge in [0.15, 0.2) is 23.0 Å². The first-order chi connectivity index (χ1) is 28.2. The van der Waals surface area contributed by atoms with Crippen molar-refractivity contribution in [3.63, 3.8) is 0 Å². The molecule has 1 unspecified atom stereocenters. The minimum atomic E-state index is -3.90. The minimum Gasteiger partial charge on any atom is -0.462 e. The van der Waals surface area contributed by atoms with Gasteiger partial charge in [-0.25, -0.2) is 30.7 Å². The predicted molar refractivity (Wildman–Crippen MR) is 228 cm³/mol. The summed E-state index contributed by atoms with van der Waals surface area (Å²) in [4.78, 5) is 13.1. The lowest BCUT2D eigenvalue weighted by Crippen LogP contribution is -2.18. The van der Waals surface area contributed by atoms with Gasteiger partial charge in [0.1, 0.15) is 5.69 Å². The summed E-state index contributed by atoms with van der Waals surface area (Å²) in [5.74, 6) is -0.971. The number of esters is 1. The SMILES string of the molecule is CCCCCCCCCCCCOC(=O)c1ccc(Cl)c(C(CC)n2c(-c3ccc(NS(C)(=O)=O)cc3)nn3nc(C)c(N=Nc4ccc(S(=O)(=O)NC)cc4F)c23)c1. The largest absolute Gasteiger partial charge is 0.462 e. The van der Waals surface area contributed by atoms with Crippen molar-refractivity contribution in [3.8, 4) is 11.4 Å². The van der Waals surface area contributed by atoms with Crippen LogP contribution >= 0.6 is 11.6 Å². The molecule has 318 valence electrons. The zero-order chi connectivity index (χ0) is 42.7. The Kier molecular flexibility index (Phi) is 15.8. The first kappa shape index (κ1) is 45.4. The number of azo groups is 1. The Hall–Kier alpha value is -4.71. The zero-order valence-corrected chi connectivity index (χ0v) is 36.4. The zero-order valence-electron chi connectivity index (χ0n) is 34.0. The molecule has 0 saturated carbocycles. The van der Waals surface area contributed by atoms with Crippen LogP contribution in [0, 0.1) is 12.7 Å². The molecule has 5 aromatic rings. The number of aryl methyl sites for hydroxylation is 1. The Labute approximate surface area is 350 Å². The Morgan fingerprint density at radius 1 is 0.881 bits per heavy atom. The average Bonchev–Trinajstić information content (AvgIpc) is 3.71. The molecule has 3 aromatic carbocycles. The van der Waals surface area contributed by atoms with Gasteiger partial charge in [0.2, 0.25) is 20.0 Å². The van der Waals surface area contributed by atoms with Gasteiger partial charge in [0, 0.05) is 16.3 Å². The molecule has 5 rings (SSSR count). The number of fused-ring (bicyclic) bond motifs is 1. The van der Waals surface area contributed by atoms with Crippen molar-refractivity contribution in [2.45, 2.75) is 102 Å². The van der Waals surface area contributed by atoms with Crippen LogP contribution in [0.5, 0.6) is 0 Å². The van der Waals surface area contributed by atoms with Gasteiger partial charge in [0.05, 0.1) is 35.1 Å². The van der Waals surface area contributed by atoms with Crippen LogP contribution in [0.25, 0.3) is 17.0 Å². The molecule has 0 aliphatic carbocycles. The van der Waals surface area contributed by atoms with E-state index in [2.05, 4.69) is 31.7 Å². The van der Waals surface area contributed by atoms with Gasteiger partial charge in [-0.05, 0) is 93.0 Å². The molecule has 2 N–H and O–H groups in total. The smallest absolute Gasteiger partial charge is 0.338 e. The monoisotopic (exact) mass is 870 g/mol. The van der Waals surface area contributed by atoms with Crippen LogP contribution in [0.1, 0.15) is 112 Å². The van der Waals surface area contributed by atoms with E-state index in [0.717, 1.165) is 31.6 Å². The molecule has 2 aromatic heterocycles. The third-order valence-electron chi connectivity index (χ3n) is 9.86. The normalized spacial score (nSPS) is 12.7. The molecular formula is C41H52ClFN8O6S2. The van der Waals surface area contributed by atoms with Crippen molar-refractivity contribution >= 4 is 60.3 Å². The van der Waals surface area contributed by atoms with Gasteiger partial charge in [0.25, 0.3) is 0 Å². The van der Waals surface area contributed by atoms with Crippen molar-refractivity contribution in [1.29, 1.82) is 0 Å². The van der Waals surface area contributed by atoms with Gasteiger partial charge in [-0.15, -0.1) is 20.0 Å². The quantitative estimate of drug-likeness (QED) is 0.0392. The molecule has 1 atom stereocenters. The molecule has 0 aliphatic rings. The Morgan fingerprint density at radius 3 is 2.15 bits per heavy atom. The van der Waals surface area contributed by atoms with E-state index in [9.17, 15) is 21.6 Å². The first-order valence-electron chi connectivity index (χ1n) is 19.8. The second-order valence-electron chi connectivity index (χ2n) is 14.4. The van der Waals surface area contributed by atoms with Crippen LogP contribution in [0.15, 0.2) is 75.8 Å². The summed E-state index contributed by atoms with van der Waals surface area (Å²) in [5, 5.41) is 18.3. The molecule has 59 heavy (non-hydrogen) atoms. The molecule has 0 spiro atoms. The van der Waals surface area contributed by atoms with Gasteiger partial charge >= 0.3 is 5.97 Å². The van der Waals surface area contributed by atoms with E-state index < -0.39 is 37.9 Å². The molecule has 0 amide bonds. The number of nitrogens with zero attached hydrogens (tertiary/aromatic N) is 6. The summed E-state index contributed by atoms with van der Waals surface area (Å²) >= 11 is 6.90. The summed E-state index contributed by atoms with van der Waals surface area (Å²) < 4.78 is 77.0. The van der Waals surface area contributed by atoms with Gasteiger partial charge in [-0.1, -0.05) is 83.2 Å². The fourth-order valence-electron chi connectivity index (χ4n) is 6.79. The number of carbonyl (C=O) groups excluding carboxylic acids is 1. The molecule has 0 radical (unpaired) electrons. The number of benzene rings is 3. The lowest BCUT2D eigenvalue weighted by Gasteiger charge is -2.22. The van der Waals surface area contributed by atoms with Crippen molar-refractivity contribution < 1.29 is 30.8 Å². The van der Waals surface area contributed by atoms with Crippen molar-refractivity contribution in [1.82, 2.24) is 24.1 Å². The van der Waals surface area contributed by atoms with Crippen molar-refractivity contribution in [3.05, 3.63) is 88.3 Å². The number of hydrogen-bond donors (Lipinski definition) is 2. The summed E-state index contributed by atoms with van der Waals surface area (Å²) in [6.07, 6.45) is 13.2. The third kappa shape index (κ3) is 11.7. The predicted octanol–water partition coefficient (Wildman–Crippen LogP) is 10.1. The number of nitrogens with one attached hydrogen (secondary N) is 2. The average molecular weight is 872 g/mol. The van der Waals surface area contributed by atoms with Gasteiger partial charge in [-0.3, -0.25) is 9.29 Å². The van der Waals surface area contributed by atoms with Crippen LogP contribution in [0.3, 0.4) is 0 Å². The number of halogens is 2. The van der Waals surface area contributed by atoms with Crippen LogP contribution in [0.4, 0.5) is 21.5 Å². The lowest BCUT2D eigenvalue weighted by atomic mass is 10.0. The number of hydrogen-bond acceptors (Lipinski definition) is 10.